The maximum Gasteiger partial charge on any atom is 0.310 e. The van der Waals surface area contributed by atoms with Gasteiger partial charge in [-0.2, -0.15) is 0 Å². The van der Waals surface area contributed by atoms with Gasteiger partial charge in [0.2, 0.25) is 12.5 Å². The van der Waals surface area contributed by atoms with Crippen LogP contribution in [0, 0.1) is 11.8 Å². The fourth-order valence-corrected chi connectivity index (χ4v) is 5.59. The van der Waals surface area contributed by atoms with E-state index in [1.165, 1.54) is 14.2 Å². The van der Waals surface area contributed by atoms with Crippen LogP contribution in [0.2, 0.25) is 0 Å². The molecular formula is C25H29O8S+. The first kappa shape index (κ1) is 23.0. The molecule has 1 fully saturated rings. The van der Waals surface area contributed by atoms with Crippen molar-refractivity contribution in [3.63, 3.8) is 0 Å². The van der Waals surface area contributed by atoms with Crippen molar-refractivity contribution >= 4 is 16.9 Å². The number of benzene rings is 2. The summed E-state index contributed by atoms with van der Waals surface area (Å²) in [6.07, 6.45) is 4.06. The van der Waals surface area contributed by atoms with Gasteiger partial charge in [0.25, 0.3) is 0 Å². The van der Waals surface area contributed by atoms with Gasteiger partial charge in [0.05, 0.1) is 52.0 Å². The van der Waals surface area contributed by atoms with E-state index in [4.69, 9.17) is 28.4 Å². The van der Waals surface area contributed by atoms with E-state index in [0.717, 1.165) is 22.4 Å². The average molecular weight is 490 g/mol. The first-order valence-electron chi connectivity index (χ1n) is 11.1. The number of rotatable bonds is 7. The minimum absolute atomic E-state index is 0.0863. The topological polar surface area (TPSA) is 92.7 Å². The number of hydrogen-bond donors (Lipinski definition) is 1. The summed E-state index contributed by atoms with van der Waals surface area (Å²) in [6.45, 7) is 1.03. The number of phenols is 1. The molecule has 34 heavy (non-hydrogen) atoms. The number of cyclic esters (lactones) is 1. The number of ether oxygens (including phenoxy) is 6. The second-order valence-corrected chi connectivity index (χ2v) is 11.3. The second-order valence-electron chi connectivity index (χ2n) is 8.89. The van der Waals surface area contributed by atoms with E-state index in [1.54, 1.807) is 12.1 Å². The van der Waals surface area contributed by atoms with E-state index in [9.17, 15) is 9.90 Å². The van der Waals surface area contributed by atoms with Crippen molar-refractivity contribution in [1.29, 1.82) is 0 Å². The van der Waals surface area contributed by atoms with Gasteiger partial charge in [0, 0.05) is 11.8 Å². The number of esters is 1. The van der Waals surface area contributed by atoms with Crippen molar-refractivity contribution in [2.45, 2.75) is 12.0 Å². The molecule has 8 nitrogen and oxygen atoms in total. The third-order valence-corrected chi connectivity index (χ3v) is 7.75. The Morgan fingerprint density at radius 1 is 1.00 bits per heavy atom. The molecule has 1 aliphatic carbocycles. The molecule has 2 heterocycles. The zero-order valence-corrected chi connectivity index (χ0v) is 20.5. The molecule has 1 unspecified atom stereocenters. The van der Waals surface area contributed by atoms with Crippen LogP contribution in [-0.2, 0) is 25.2 Å². The Labute approximate surface area is 201 Å². The normalized spacial score (nSPS) is 24.6. The van der Waals surface area contributed by atoms with Crippen LogP contribution in [0.25, 0.3) is 0 Å². The molecule has 2 aromatic rings. The maximum absolute atomic E-state index is 13.1. The predicted molar refractivity (Wildman–Crippen MR) is 126 cm³/mol. The molecule has 0 saturated carbocycles. The van der Waals surface area contributed by atoms with Crippen LogP contribution in [0.4, 0.5) is 0 Å². The minimum atomic E-state index is -0.460. The summed E-state index contributed by atoms with van der Waals surface area (Å²) in [5, 5.41) is 10.5. The van der Waals surface area contributed by atoms with Gasteiger partial charge in [-0.25, -0.2) is 0 Å². The van der Waals surface area contributed by atoms with Crippen LogP contribution in [0.1, 0.15) is 28.7 Å². The smallest absolute Gasteiger partial charge is 0.310 e. The molecule has 0 aromatic heterocycles. The summed E-state index contributed by atoms with van der Waals surface area (Å²) in [6, 6.07) is 7.42. The molecule has 182 valence electrons. The van der Waals surface area contributed by atoms with Crippen molar-refractivity contribution in [3.05, 3.63) is 41.0 Å². The van der Waals surface area contributed by atoms with Crippen LogP contribution in [-0.4, -0.2) is 63.6 Å². The summed E-state index contributed by atoms with van der Waals surface area (Å²) in [5.41, 5.74) is 2.66. The molecule has 3 aliphatic rings. The second kappa shape index (κ2) is 9.11. The minimum Gasteiger partial charge on any atom is -0.502 e. The summed E-state index contributed by atoms with van der Waals surface area (Å²) in [7, 11) is 3.21. The summed E-state index contributed by atoms with van der Waals surface area (Å²) < 4.78 is 34.2. The van der Waals surface area contributed by atoms with Crippen molar-refractivity contribution in [2.24, 2.45) is 11.8 Å². The van der Waals surface area contributed by atoms with Gasteiger partial charge < -0.3 is 33.5 Å². The molecule has 0 amide bonds. The predicted octanol–water partition coefficient (Wildman–Crippen LogP) is 3.01. The van der Waals surface area contributed by atoms with E-state index < -0.39 is 5.92 Å². The first-order valence-corrected chi connectivity index (χ1v) is 13.3. The Morgan fingerprint density at radius 2 is 1.65 bits per heavy atom. The van der Waals surface area contributed by atoms with Crippen LogP contribution in [0.3, 0.4) is 0 Å². The van der Waals surface area contributed by atoms with Gasteiger partial charge in [-0.3, -0.25) is 4.79 Å². The number of methoxy groups -OCH3 is 2. The maximum atomic E-state index is 13.1. The van der Waals surface area contributed by atoms with Gasteiger partial charge in [-0.15, -0.1) is 0 Å². The number of carbonyl (C=O) groups excluding carboxylic acids is 1. The van der Waals surface area contributed by atoms with Crippen LogP contribution >= 0.6 is 0 Å². The van der Waals surface area contributed by atoms with Crippen molar-refractivity contribution in [3.8, 4) is 28.7 Å². The highest BCUT2D eigenvalue weighted by molar-refractivity contribution is 7.95. The molecule has 5 rings (SSSR count). The van der Waals surface area contributed by atoms with Crippen LogP contribution in [0.15, 0.2) is 24.3 Å². The zero-order valence-electron chi connectivity index (χ0n) is 19.7. The van der Waals surface area contributed by atoms with E-state index in [2.05, 4.69) is 12.5 Å². The van der Waals surface area contributed by atoms with E-state index >= 15 is 0 Å². The number of hydrogen-bond acceptors (Lipinski definition) is 8. The molecule has 1 N–H and O–H groups in total. The monoisotopic (exact) mass is 489 g/mol. The molecule has 2 aromatic carbocycles. The number of fused-ring (bicyclic) bond motifs is 3. The first-order chi connectivity index (χ1) is 16.4. The highest BCUT2D eigenvalue weighted by Crippen LogP contribution is 2.56. The lowest BCUT2D eigenvalue weighted by Gasteiger charge is -2.39. The van der Waals surface area contributed by atoms with Gasteiger partial charge >= 0.3 is 5.97 Å². The van der Waals surface area contributed by atoms with E-state index in [1.807, 2.05) is 12.1 Å². The lowest BCUT2D eigenvalue weighted by Crippen LogP contribution is -2.36. The molecule has 0 spiro atoms. The molecule has 9 heteroatoms. The lowest BCUT2D eigenvalue weighted by molar-refractivity contribution is -0.141. The van der Waals surface area contributed by atoms with Gasteiger partial charge in [-0.1, -0.05) is 0 Å². The molecule has 4 atom stereocenters. The Hall–Kier alpha value is -2.78. The van der Waals surface area contributed by atoms with E-state index in [-0.39, 0.29) is 65.5 Å². The van der Waals surface area contributed by atoms with E-state index in [0.29, 0.717) is 18.1 Å². The number of aromatic hydroxyl groups is 1. The Kier molecular flexibility index (Phi) is 6.16. The number of phenolic OH excluding ortho intramolecular Hbond substituents is 1. The van der Waals surface area contributed by atoms with Crippen molar-refractivity contribution in [1.82, 2.24) is 0 Å². The van der Waals surface area contributed by atoms with Crippen LogP contribution in [0.5, 0.6) is 28.7 Å². The molecular weight excluding hydrogens is 460 g/mol. The Balaban J connectivity index is 1.67. The van der Waals surface area contributed by atoms with Gasteiger partial charge in [0.15, 0.2) is 23.0 Å². The standard InChI is InChI=1S/C25H28O8S/c1-28-19-7-13(8-20(29-2)23(19)26)21-14-9-17-18(33-12-32-17)10-15(14)24(30-5-6-34(3)4)16-11-31-25(27)22(16)21/h7-10,16,21-22,24H,5-6,11-12H2,1-4H3/p+1/t16?,21-,22+,24-/m1/s1. The van der Waals surface area contributed by atoms with Gasteiger partial charge in [-0.05, 0) is 51.9 Å². The molecule has 2 aliphatic heterocycles. The summed E-state index contributed by atoms with van der Waals surface area (Å²) in [5.74, 6) is 1.46. The third kappa shape index (κ3) is 3.80. The number of carbonyl (C=O) groups is 1. The Bertz CT molecular complexity index is 1080. The largest absolute Gasteiger partial charge is 0.502 e. The molecule has 0 bridgehead atoms. The third-order valence-electron chi connectivity index (χ3n) is 6.77. The quantitative estimate of drug-likeness (QED) is 0.469. The average Bonchev–Trinajstić information content (AvgIpc) is 3.44. The van der Waals surface area contributed by atoms with Crippen molar-refractivity contribution in [2.75, 3.05) is 52.5 Å². The molecule has 0 radical (unpaired) electrons. The summed E-state index contributed by atoms with van der Waals surface area (Å²) in [4.78, 5) is 13.1. The fraction of sp³-hybridized carbons (Fsp3) is 0.480. The highest BCUT2D eigenvalue weighted by atomic mass is 32.2. The van der Waals surface area contributed by atoms with Gasteiger partial charge in [0.1, 0.15) is 5.75 Å². The summed E-state index contributed by atoms with van der Waals surface area (Å²) >= 11 is 0. The Morgan fingerprint density at radius 3 is 2.26 bits per heavy atom. The zero-order chi connectivity index (χ0) is 24.0. The SMILES string of the molecule is COc1cc([C@@H]2c3cc4c(cc3[C@@H](OCC[S+](C)C)C3COC(=O)[C@@H]32)OCO4)cc(OC)c1O. The van der Waals surface area contributed by atoms with Crippen molar-refractivity contribution < 1.29 is 38.3 Å². The molecule has 1 saturated heterocycles. The van der Waals surface area contributed by atoms with Crippen LogP contribution < -0.4 is 18.9 Å². The lowest BCUT2D eigenvalue weighted by atomic mass is 9.66. The highest BCUT2D eigenvalue weighted by Gasteiger charge is 2.53. The fourth-order valence-electron chi connectivity index (χ4n) is 5.16.